The van der Waals surface area contributed by atoms with Gasteiger partial charge in [0.15, 0.2) is 6.10 Å². The number of ether oxygens (including phenoxy) is 1. The lowest BCUT2D eigenvalue weighted by atomic mass is 10.1. The number of benzene rings is 3. The van der Waals surface area contributed by atoms with Gasteiger partial charge < -0.3 is 15.4 Å². The monoisotopic (exact) mass is 416 g/mol. The number of anilines is 2. The number of aryl methyl sites for hydroxylation is 4. The van der Waals surface area contributed by atoms with Gasteiger partial charge in [-0.2, -0.15) is 0 Å². The molecule has 0 aromatic heterocycles. The fourth-order valence-corrected chi connectivity index (χ4v) is 3.20. The minimum Gasteiger partial charge on any atom is -0.481 e. The van der Waals surface area contributed by atoms with Crippen molar-refractivity contribution >= 4 is 23.2 Å². The Morgan fingerprint density at radius 1 is 0.742 bits per heavy atom. The summed E-state index contributed by atoms with van der Waals surface area (Å²) in [5.74, 6) is 0.0938. The second-order valence-corrected chi connectivity index (χ2v) is 7.86. The molecule has 0 saturated heterocycles. The van der Waals surface area contributed by atoms with E-state index in [2.05, 4.69) is 10.6 Å². The standard InChI is InChI=1S/C26H28N2O3/c1-16-7-13-23(19(4)14-16)27-26(30)21-9-11-22(12-10-21)31-20(5)25(29)28-24-15-17(2)6-8-18(24)3/h6-15,20H,1-5H3,(H,27,30)(H,28,29). The number of carbonyl (C=O) groups is 2. The molecule has 0 saturated carbocycles. The van der Waals surface area contributed by atoms with Crippen molar-refractivity contribution in [2.45, 2.75) is 40.7 Å². The van der Waals surface area contributed by atoms with Crippen LogP contribution in [-0.4, -0.2) is 17.9 Å². The van der Waals surface area contributed by atoms with Crippen LogP contribution in [0.5, 0.6) is 5.75 Å². The molecular weight excluding hydrogens is 388 g/mol. The van der Waals surface area contributed by atoms with E-state index in [-0.39, 0.29) is 11.8 Å². The summed E-state index contributed by atoms with van der Waals surface area (Å²) >= 11 is 0. The predicted molar refractivity (Wildman–Crippen MR) is 125 cm³/mol. The summed E-state index contributed by atoms with van der Waals surface area (Å²) in [7, 11) is 0. The Labute approximate surface area is 183 Å². The summed E-state index contributed by atoms with van der Waals surface area (Å²) in [4.78, 5) is 25.1. The second-order valence-electron chi connectivity index (χ2n) is 7.86. The molecule has 3 aromatic rings. The maximum Gasteiger partial charge on any atom is 0.265 e. The highest BCUT2D eigenvalue weighted by molar-refractivity contribution is 6.04. The molecule has 0 aliphatic heterocycles. The fraction of sp³-hybridized carbons (Fsp3) is 0.231. The van der Waals surface area contributed by atoms with E-state index in [4.69, 9.17) is 4.74 Å². The van der Waals surface area contributed by atoms with Gasteiger partial charge in [-0.25, -0.2) is 0 Å². The molecular formula is C26H28N2O3. The summed E-state index contributed by atoms with van der Waals surface area (Å²) in [6.45, 7) is 9.60. The minimum atomic E-state index is -0.685. The molecule has 1 atom stereocenters. The zero-order valence-electron chi connectivity index (χ0n) is 18.6. The fourth-order valence-electron chi connectivity index (χ4n) is 3.20. The predicted octanol–water partition coefficient (Wildman–Crippen LogP) is 5.58. The van der Waals surface area contributed by atoms with Crippen molar-refractivity contribution in [2.24, 2.45) is 0 Å². The van der Waals surface area contributed by atoms with Crippen LogP contribution < -0.4 is 15.4 Å². The van der Waals surface area contributed by atoms with Crippen molar-refractivity contribution in [1.82, 2.24) is 0 Å². The summed E-state index contributed by atoms with van der Waals surface area (Å²) in [6.07, 6.45) is -0.685. The third kappa shape index (κ3) is 5.72. The molecule has 2 N–H and O–H groups in total. The van der Waals surface area contributed by atoms with Gasteiger partial charge in [-0.1, -0.05) is 29.8 Å². The third-order valence-electron chi connectivity index (χ3n) is 5.08. The van der Waals surface area contributed by atoms with E-state index in [9.17, 15) is 9.59 Å². The van der Waals surface area contributed by atoms with Gasteiger partial charge in [0.1, 0.15) is 5.75 Å². The highest BCUT2D eigenvalue weighted by Crippen LogP contribution is 2.20. The summed E-state index contributed by atoms with van der Waals surface area (Å²) in [5.41, 5.74) is 6.30. The Balaban J connectivity index is 1.61. The molecule has 0 heterocycles. The first-order valence-corrected chi connectivity index (χ1v) is 10.3. The summed E-state index contributed by atoms with van der Waals surface area (Å²) in [5, 5.41) is 5.83. The average molecular weight is 417 g/mol. The molecule has 5 heteroatoms. The van der Waals surface area contributed by atoms with Crippen LogP contribution in [0.3, 0.4) is 0 Å². The number of nitrogens with one attached hydrogen (secondary N) is 2. The van der Waals surface area contributed by atoms with Crippen LogP contribution in [0, 0.1) is 27.7 Å². The second kappa shape index (κ2) is 9.47. The number of rotatable bonds is 6. The van der Waals surface area contributed by atoms with Crippen LogP contribution in [-0.2, 0) is 4.79 Å². The van der Waals surface area contributed by atoms with Gasteiger partial charge in [-0.15, -0.1) is 0 Å². The molecule has 0 bridgehead atoms. The van der Waals surface area contributed by atoms with Gasteiger partial charge in [0.2, 0.25) is 0 Å². The molecule has 5 nitrogen and oxygen atoms in total. The average Bonchev–Trinajstić information content (AvgIpc) is 2.73. The molecule has 31 heavy (non-hydrogen) atoms. The first-order valence-electron chi connectivity index (χ1n) is 10.3. The number of hydrogen-bond acceptors (Lipinski definition) is 3. The van der Waals surface area contributed by atoms with E-state index >= 15 is 0 Å². The normalized spacial score (nSPS) is 11.5. The van der Waals surface area contributed by atoms with Crippen LogP contribution in [0.1, 0.15) is 39.5 Å². The van der Waals surface area contributed by atoms with E-state index in [0.717, 1.165) is 33.6 Å². The van der Waals surface area contributed by atoms with Gasteiger partial charge in [0.05, 0.1) is 0 Å². The highest BCUT2D eigenvalue weighted by Gasteiger charge is 2.16. The number of carbonyl (C=O) groups excluding carboxylic acids is 2. The lowest BCUT2D eigenvalue weighted by Crippen LogP contribution is -2.30. The molecule has 0 fully saturated rings. The van der Waals surface area contributed by atoms with Gasteiger partial charge in [-0.3, -0.25) is 9.59 Å². The Kier molecular flexibility index (Phi) is 6.75. The van der Waals surface area contributed by atoms with Crippen LogP contribution in [0.25, 0.3) is 0 Å². The smallest absolute Gasteiger partial charge is 0.265 e. The quantitative estimate of drug-likeness (QED) is 0.551. The van der Waals surface area contributed by atoms with E-state index in [1.165, 1.54) is 0 Å². The Hall–Kier alpha value is -3.60. The van der Waals surface area contributed by atoms with E-state index in [1.54, 1.807) is 31.2 Å². The molecule has 3 aromatic carbocycles. The SMILES string of the molecule is Cc1ccc(NC(=O)c2ccc(OC(C)C(=O)Nc3cc(C)ccc3C)cc2)c(C)c1. The van der Waals surface area contributed by atoms with Crippen molar-refractivity contribution in [3.8, 4) is 5.75 Å². The van der Waals surface area contributed by atoms with Crippen LogP contribution in [0.15, 0.2) is 60.7 Å². The maximum atomic E-state index is 12.5. The van der Waals surface area contributed by atoms with Crippen LogP contribution in [0.4, 0.5) is 11.4 Å². The van der Waals surface area contributed by atoms with Gasteiger partial charge in [0, 0.05) is 16.9 Å². The van der Waals surface area contributed by atoms with Crippen LogP contribution in [0.2, 0.25) is 0 Å². The van der Waals surface area contributed by atoms with Crippen molar-refractivity contribution in [3.05, 3.63) is 88.5 Å². The molecule has 0 aliphatic rings. The Morgan fingerprint density at radius 2 is 1.39 bits per heavy atom. The van der Waals surface area contributed by atoms with Crippen molar-refractivity contribution in [2.75, 3.05) is 10.6 Å². The maximum absolute atomic E-state index is 12.5. The van der Waals surface area contributed by atoms with E-state index in [1.807, 2.05) is 64.1 Å². The van der Waals surface area contributed by atoms with Gasteiger partial charge in [-0.05, 0) is 87.7 Å². The van der Waals surface area contributed by atoms with Crippen molar-refractivity contribution in [1.29, 1.82) is 0 Å². The topological polar surface area (TPSA) is 67.4 Å². The zero-order chi connectivity index (χ0) is 22.5. The molecule has 1 unspecified atom stereocenters. The minimum absolute atomic E-state index is 0.195. The molecule has 0 aliphatic carbocycles. The van der Waals surface area contributed by atoms with Gasteiger partial charge in [0.25, 0.3) is 11.8 Å². The molecule has 3 rings (SSSR count). The molecule has 2 amide bonds. The molecule has 0 radical (unpaired) electrons. The largest absolute Gasteiger partial charge is 0.481 e. The van der Waals surface area contributed by atoms with E-state index < -0.39 is 6.10 Å². The van der Waals surface area contributed by atoms with Crippen molar-refractivity contribution < 1.29 is 14.3 Å². The lowest BCUT2D eigenvalue weighted by molar-refractivity contribution is -0.122. The number of amides is 2. The van der Waals surface area contributed by atoms with E-state index in [0.29, 0.717) is 11.3 Å². The van der Waals surface area contributed by atoms with Gasteiger partial charge >= 0.3 is 0 Å². The third-order valence-corrected chi connectivity index (χ3v) is 5.08. The first-order chi connectivity index (χ1) is 14.7. The summed E-state index contributed by atoms with van der Waals surface area (Å²) < 4.78 is 5.76. The molecule has 160 valence electrons. The lowest BCUT2D eigenvalue weighted by Gasteiger charge is -2.16. The summed E-state index contributed by atoms with van der Waals surface area (Å²) in [6, 6.07) is 18.5. The highest BCUT2D eigenvalue weighted by atomic mass is 16.5. The zero-order valence-corrected chi connectivity index (χ0v) is 18.6. The number of hydrogen-bond donors (Lipinski definition) is 2. The first kappa shape index (κ1) is 22.1. The van der Waals surface area contributed by atoms with Crippen molar-refractivity contribution in [3.63, 3.8) is 0 Å². The molecule has 0 spiro atoms. The Bertz CT molecular complexity index is 1100. The Morgan fingerprint density at radius 3 is 2.06 bits per heavy atom. The van der Waals surface area contributed by atoms with Crippen LogP contribution >= 0.6 is 0 Å².